The fourth-order valence-corrected chi connectivity index (χ4v) is 6.79. The van der Waals surface area contributed by atoms with Gasteiger partial charge in [0.25, 0.3) is 0 Å². The zero-order valence-electron chi connectivity index (χ0n) is 19.1. The number of methoxy groups -OCH3 is 1. The summed E-state index contributed by atoms with van der Waals surface area (Å²) in [6.45, 7) is 8.48. The van der Waals surface area contributed by atoms with E-state index in [-0.39, 0.29) is 29.9 Å². The fourth-order valence-electron chi connectivity index (χ4n) is 6.79. The van der Waals surface area contributed by atoms with Crippen molar-refractivity contribution in [3.63, 3.8) is 0 Å². The third kappa shape index (κ3) is 4.45. The van der Waals surface area contributed by atoms with E-state index in [1.807, 2.05) is 27.0 Å². The van der Waals surface area contributed by atoms with Gasteiger partial charge in [0, 0.05) is 19.7 Å². The van der Waals surface area contributed by atoms with Crippen molar-refractivity contribution in [1.29, 1.82) is 0 Å². The molecule has 5 rings (SSSR count). The molecule has 4 nitrogen and oxygen atoms in total. The summed E-state index contributed by atoms with van der Waals surface area (Å²) in [4.78, 5) is 15.0. The van der Waals surface area contributed by atoms with Crippen LogP contribution >= 0.6 is 0 Å². The van der Waals surface area contributed by atoms with Crippen LogP contribution in [-0.2, 0) is 20.8 Å². The van der Waals surface area contributed by atoms with E-state index in [1.165, 1.54) is 37.8 Å². The minimum absolute atomic E-state index is 0.137. The Morgan fingerprint density at radius 3 is 2.90 bits per heavy atom. The number of fused-ring (bicyclic) bond motifs is 3. The van der Waals surface area contributed by atoms with Gasteiger partial charge in [-0.1, -0.05) is 25.1 Å². The second-order valence-corrected chi connectivity index (χ2v) is 10.1. The maximum absolute atomic E-state index is 13.8. The minimum atomic E-state index is -0.266. The van der Waals surface area contributed by atoms with Crippen LogP contribution in [0.15, 0.2) is 24.8 Å². The van der Waals surface area contributed by atoms with Crippen LogP contribution in [0.1, 0.15) is 63.5 Å². The molecule has 0 aromatic heterocycles. The van der Waals surface area contributed by atoms with Crippen LogP contribution in [0.5, 0.6) is 0 Å². The van der Waals surface area contributed by atoms with E-state index in [4.69, 9.17) is 9.47 Å². The highest BCUT2D eigenvalue weighted by Gasteiger charge is 2.58. The zero-order chi connectivity index (χ0) is 22.2. The molecule has 0 heterocycles. The molecule has 31 heavy (non-hydrogen) atoms. The predicted molar refractivity (Wildman–Crippen MR) is 120 cm³/mol. The summed E-state index contributed by atoms with van der Waals surface area (Å²) in [6.07, 6.45) is 9.00. The Kier molecular flexibility index (Phi) is 6.55. The van der Waals surface area contributed by atoms with Gasteiger partial charge in [0.05, 0.1) is 18.8 Å². The standard InChI is InChI=1S/C26H36FNO3/c1-5-18-11-21(27)9-8-19(18)15-28(16-25(29)31-17(2)3)23-14-26-10-6-7-22(23)20(13-26)12-24(26)30-4/h5,8-9,11,17,20,22-24H,1,6-7,10,12-16H2,2-4H3/t20-,22?,23?,24?,26?/m1/s1. The average Bonchev–Trinajstić information content (AvgIpc) is 2.84. The molecule has 0 N–H and O–H groups in total. The van der Waals surface area contributed by atoms with E-state index in [9.17, 15) is 9.18 Å². The van der Waals surface area contributed by atoms with Gasteiger partial charge in [0.2, 0.25) is 0 Å². The molecule has 1 aromatic rings. The average molecular weight is 430 g/mol. The molecule has 4 saturated carbocycles. The Bertz CT molecular complexity index is 825. The van der Waals surface area contributed by atoms with Gasteiger partial charge in [-0.2, -0.15) is 0 Å². The van der Waals surface area contributed by atoms with Crippen molar-refractivity contribution in [3.8, 4) is 0 Å². The molecule has 5 heteroatoms. The highest BCUT2D eigenvalue weighted by atomic mass is 19.1. The van der Waals surface area contributed by atoms with E-state index >= 15 is 0 Å². The number of carbonyl (C=O) groups is 1. The van der Waals surface area contributed by atoms with Gasteiger partial charge in [-0.05, 0) is 86.5 Å². The van der Waals surface area contributed by atoms with Crippen LogP contribution in [0.4, 0.5) is 4.39 Å². The molecule has 0 aliphatic heterocycles. The third-order valence-corrected chi connectivity index (χ3v) is 7.95. The Morgan fingerprint density at radius 1 is 1.39 bits per heavy atom. The van der Waals surface area contributed by atoms with Crippen molar-refractivity contribution in [3.05, 3.63) is 41.7 Å². The van der Waals surface area contributed by atoms with Crippen LogP contribution in [0.3, 0.4) is 0 Å². The SMILES string of the molecule is C=Cc1cc(F)ccc1CN(CC(=O)OC(C)C)C1CC23CCCC1[C@H](CC2OC)C3. The summed E-state index contributed by atoms with van der Waals surface area (Å²) >= 11 is 0. The monoisotopic (exact) mass is 429 g/mol. The lowest BCUT2D eigenvalue weighted by atomic mass is 9.69. The summed E-state index contributed by atoms with van der Waals surface area (Å²) in [7, 11) is 1.85. The maximum atomic E-state index is 13.8. The van der Waals surface area contributed by atoms with Crippen LogP contribution in [0.25, 0.3) is 6.08 Å². The molecule has 3 bridgehead atoms. The number of halogens is 1. The highest BCUT2D eigenvalue weighted by Crippen LogP contribution is 2.61. The van der Waals surface area contributed by atoms with Crippen LogP contribution in [-0.4, -0.2) is 42.8 Å². The molecule has 4 unspecified atom stereocenters. The molecule has 0 saturated heterocycles. The first kappa shape index (κ1) is 22.5. The maximum Gasteiger partial charge on any atom is 0.320 e. The molecule has 0 amide bonds. The number of hydrogen-bond donors (Lipinski definition) is 0. The van der Waals surface area contributed by atoms with Gasteiger partial charge < -0.3 is 9.47 Å². The van der Waals surface area contributed by atoms with Gasteiger partial charge in [-0.25, -0.2) is 4.39 Å². The molecule has 1 aromatic carbocycles. The van der Waals surface area contributed by atoms with E-state index in [2.05, 4.69) is 11.5 Å². The molecule has 170 valence electrons. The van der Waals surface area contributed by atoms with Crippen molar-refractivity contribution in [1.82, 2.24) is 4.90 Å². The van der Waals surface area contributed by atoms with Gasteiger partial charge >= 0.3 is 5.97 Å². The summed E-state index contributed by atoms with van der Waals surface area (Å²) in [5.41, 5.74) is 2.01. The van der Waals surface area contributed by atoms with Gasteiger partial charge in [0.15, 0.2) is 0 Å². The Balaban J connectivity index is 1.65. The Labute approximate surface area is 185 Å². The summed E-state index contributed by atoms with van der Waals surface area (Å²) in [6, 6.07) is 5.15. The molecule has 1 spiro atoms. The molecule has 4 aliphatic rings. The quantitative estimate of drug-likeness (QED) is 0.532. The van der Waals surface area contributed by atoms with E-state index in [1.54, 1.807) is 6.08 Å². The normalized spacial score (nSPS) is 31.8. The van der Waals surface area contributed by atoms with Gasteiger partial charge in [0.1, 0.15) is 5.82 Å². The largest absolute Gasteiger partial charge is 0.462 e. The number of rotatable bonds is 8. The topological polar surface area (TPSA) is 38.8 Å². The summed E-state index contributed by atoms with van der Waals surface area (Å²) in [5, 5.41) is 0. The fraction of sp³-hybridized carbons (Fsp3) is 0.654. The lowest BCUT2D eigenvalue weighted by molar-refractivity contribution is -0.150. The smallest absolute Gasteiger partial charge is 0.320 e. The second kappa shape index (κ2) is 9.03. The Morgan fingerprint density at radius 2 is 2.19 bits per heavy atom. The number of benzene rings is 1. The number of hydrogen-bond acceptors (Lipinski definition) is 4. The van der Waals surface area contributed by atoms with E-state index in [0.29, 0.717) is 30.5 Å². The van der Waals surface area contributed by atoms with Crippen molar-refractivity contribution < 1.29 is 18.7 Å². The van der Waals surface area contributed by atoms with E-state index < -0.39 is 0 Å². The third-order valence-electron chi connectivity index (χ3n) is 7.95. The number of nitrogens with zero attached hydrogens (tertiary/aromatic N) is 1. The number of esters is 1. The van der Waals surface area contributed by atoms with E-state index in [0.717, 1.165) is 24.0 Å². The van der Waals surface area contributed by atoms with Gasteiger partial charge in [-0.3, -0.25) is 9.69 Å². The zero-order valence-corrected chi connectivity index (χ0v) is 19.1. The predicted octanol–water partition coefficient (Wildman–Crippen LogP) is 5.21. The molecular formula is C26H36FNO3. The molecule has 4 aliphatic carbocycles. The lowest BCUT2D eigenvalue weighted by Crippen LogP contribution is -2.49. The summed E-state index contributed by atoms with van der Waals surface area (Å²) < 4.78 is 25.3. The van der Waals surface area contributed by atoms with Crippen LogP contribution in [0.2, 0.25) is 0 Å². The molecular weight excluding hydrogens is 393 g/mol. The second-order valence-electron chi connectivity index (χ2n) is 10.1. The minimum Gasteiger partial charge on any atom is -0.462 e. The van der Waals surface area contributed by atoms with Crippen molar-refractivity contribution in [2.24, 2.45) is 17.3 Å². The van der Waals surface area contributed by atoms with Crippen molar-refractivity contribution in [2.45, 2.75) is 77.2 Å². The van der Waals surface area contributed by atoms with Crippen molar-refractivity contribution in [2.75, 3.05) is 13.7 Å². The highest BCUT2D eigenvalue weighted by molar-refractivity contribution is 5.72. The molecule has 0 radical (unpaired) electrons. The lowest BCUT2D eigenvalue weighted by Gasteiger charge is -2.45. The van der Waals surface area contributed by atoms with Crippen LogP contribution in [0, 0.1) is 23.1 Å². The first-order chi connectivity index (χ1) is 14.8. The Hall–Kier alpha value is -1.72. The molecule has 4 fully saturated rings. The first-order valence-corrected chi connectivity index (χ1v) is 11.7. The summed E-state index contributed by atoms with van der Waals surface area (Å²) in [5.74, 6) is 0.764. The number of ether oxygens (including phenoxy) is 2. The van der Waals surface area contributed by atoms with Gasteiger partial charge in [-0.15, -0.1) is 0 Å². The first-order valence-electron chi connectivity index (χ1n) is 11.7. The van der Waals surface area contributed by atoms with Crippen molar-refractivity contribution >= 4 is 12.0 Å². The number of carbonyl (C=O) groups excluding carboxylic acids is 1. The van der Waals surface area contributed by atoms with Crippen LogP contribution < -0.4 is 0 Å². The molecule has 5 atom stereocenters.